The molecule has 2 aromatic rings. The number of aromatic nitrogens is 2. The zero-order chi connectivity index (χ0) is 13.9. The number of carbonyl (C=O) groups is 1. The van der Waals surface area contributed by atoms with Gasteiger partial charge in [0, 0.05) is 17.8 Å². The Kier molecular flexibility index (Phi) is 3.86. The lowest BCUT2D eigenvalue weighted by Crippen LogP contribution is -2.12. The standard InChI is InChI=1S/C10H11N3O4S2/c1-17-9(14)4-7-6-18-10(12-7)13-19(15,16)8-2-3-11-5-8/h2-3,5-6,11H,4H2,1H3,(H,12,13). The Labute approximate surface area is 113 Å². The number of methoxy groups -OCH3 is 1. The van der Waals surface area contributed by atoms with E-state index in [0.717, 1.165) is 11.3 Å². The summed E-state index contributed by atoms with van der Waals surface area (Å²) in [4.78, 5) is 17.9. The summed E-state index contributed by atoms with van der Waals surface area (Å²) < 4.78 is 30.6. The highest BCUT2D eigenvalue weighted by molar-refractivity contribution is 7.93. The van der Waals surface area contributed by atoms with E-state index in [2.05, 4.69) is 19.4 Å². The molecule has 19 heavy (non-hydrogen) atoms. The maximum Gasteiger partial charge on any atom is 0.311 e. The summed E-state index contributed by atoms with van der Waals surface area (Å²) in [6.45, 7) is 0. The smallest absolute Gasteiger partial charge is 0.311 e. The van der Waals surface area contributed by atoms with Gasteiger partial charge < -0.3 is 9.72 Å². The third-order valence-corrected chi connectivity index (χ3v) is 4.48. The van der Waals surface area contributed by atoms with E-state index in [1.165, 1.54) is 25.6 Å². The minimum atomic E-state index is -3.64. The number of ether oxygens (including phenoxy) is 1. The van der Waals surface area contributed by atoms with Gasteiger partial charge in [0.1, 0.15) is 4.90 Å². The summed E-state index contributed by atoms with van der Waals surface area (Å²) in [5, 5.41) is 1.81. The van der Waals surface area contributed by atoms with Crippen LogP contribution < -0.4 is 4.72 Å². The number of rotatable bonds is 5. The van der Waals surface area contributed by atoms with Crippen molar-refractivity contribution >= 4 is 32.5 Å². The first-order valence-electron chi connectivity index (χ1n) is 5.18. The predicted molar refractivity (Wildman–Crippen MR) is 69.4 cm³/mol. The first-order valence-corrected chi connectivity index (χ1v) is 7.54. The van der Waals surface area contributed by atoms with E-state index in [0.29, 0.717) is 5.69 Å². The number of aromatic amines is 1. The van der Waals surface area contributed by atoms with Crippen molar-refractivity contribution in [3.8, 4) is 0 Å². The quantitative estimate of drug-likeness (QED) is 0.802. The normalized spacial score (nSPS) is 11.2. The molecule has 0 aliphatic heterocycles. The van der Waals surface area contributed by atoms with Crippen molar-refractivity contribution in [2.45, 2.75) is 11.3 Å². The van der Waals surface area contributed by atoms with Crippen LogP contribution in [0.1, 0.15) is 5.69 Å². The van der Waals surface area contributed by atoms with Gasteiger partial charge in [-0.15, -0.1) is 11.3 Å². The first-order chi connectivity index (χ1) is 9.01. The van der Waals surface area contributed by atoms with E-state index in [4.69, 9.17) is 0 Å². The van der Waals surface area contributed by atoms with Crippen molar-refractivity contribution in [2.24, 2.45) is 0 Å². The number of carbonyl (C=O) groups excluding carboxylic acids is 1. The Morgan fingerprint density at radius 3 is 3.00 bits per heavy atom. The minimum absolute atomic E-state index is 0.0128. The molecular formula is C10H11N3O4S2. The number of thiazole rings is 1. The Bertz CT molecular complexity index is 661. The molecule has 0 aliphatic rings. The molecule has 0 spiro atoms. The van der Waals surface area contributed by atoms with Gasteiger partial charge in [-0.25, -0.2) is 13.4 Å². The average Bonchev–Trinajstić information content (AvgIpc) is 3.00. The fourth-order valence-electron chi connectivity index (χ4n) is 1.30. The largest absolute Gasteiger partial charge is 0.469 e. The lowest BCUT2D eigenvalue weighted by Gasteiger charge is -2.01. The van der Waals surface area contributed by atoms with Crippen LogP contribution in [-0.2, 0) is 26.0 Å². The summed E-state index contributed by atoms with van der Waals surface area (Å²) >= 11 is 1.11. The van der Waals surface area contributed by atoms with Gasteiger partial charge >= 0.3 is 5.97 Å². The van der Waals surface area contributed by atoms with Gasteiger partial charge in [-0.3, -0.25) is 9.52 Å². The molecular weight excluding hydrogens is 290 g/mol. The van der Waals surface area contributed by atoms with Crippen molar-refractivity contribution in [1.82, 2.24) is 9.97 Å². The third kappa shape index (κ3) is 3.32. The SMILES string of the molecule is COC(=O)Cc1csc(NS(=O)(=O)c2cc[nH]c2)n1. The van der Waals surface area contributed by atoms with Crippen molar-refractivity contribution < 1.29 is 17.9 Å². The summed E-state index contributed by atoms with van der Waals surface area (Å²) in [7, 11) is -2.36. The monoisotopic (exact) mass is 301 g/mol. The Balaban J connectivity index is 2.10. The van der Waals surface area contributed by atoms with Gasteiger partial charge in [0.15, 0.2) is 5.13 Å². The van der Waals surface area contributed by atoms with E-state index in [-0.39, 0.29) is 16.4 Å². The van der Waals surface area contributed by atoms with Crippen molar-refractivity contribution in [2.75, 3.05) is 11.8 Å². The van der Waals surface area contributed by atoms with Crippen LogP contribution >= 0.6 is 11.3 Å². The molecule has 0 amide bonds. The second kappa shape index (κ2) is 5.41. The minimum Gasteiger partial charge on any atom is -0.469 e. The molecule has 2 aromatic heterocycles. The number of hydrogen-bond donors (Lipinski definition) is 2. The molecule has 0 unspecified atom stereocenters. The zero-order valence-electron chi connectivity index (χ0n) is 9.91. The number of H-pyrrole nitrogens is 1. The second-order valence-electron chi connectivity index (χ2n) is 3.55. The molecule has 2 rings (SSSR count). The van der Waals surface area contributed by atoms with Gasteiger partial charge in [-0.05, 0) is 6.07 Å². The summed E-state index contributed by atoms with van der Waals surface area (Å²) in [6.07, 6.45) is 2.89. The maximum atomic E-state index is 11.9. The van der Waals surface area contributed by atoms with Gasteiger partial charge in [-0.1, -0.05) is 0 Å². The van der Waals surface area contributed by atoms with Crippen LogP contribution in [0.4, 0.5) is 5.13 Å². The number of anilines is 1. The third-order valence-electron chi connectivity index (χ3n) is 2.21. The second-order valence-corrected chi connectivity index (χ2v) is 6.09. The summed E-state index contributed by atoms with van der Waals surface area (Å²) in [5.74, 6) is -0.426. The lowest BCUT2D eigenvalue weighted by atomic mass is 10.3. The van der Waals surface area contributed by atoms with E-state index >= 15 is 0 Å². The van der Waals surface area contributed by atoms with Gasteiger partial charge in [0.2, 0.25) is 0 Å². The van der Waals surface area contributed by atoms with Crippen LogP contribution in [0.25, 0.3) is 0 Å². The molecule has 2 N–H and O–H groups in total. The van der Waals surface area contributed by atoms with Crippen molar-refractivity contribution in [3.05, 3.63) is 29.5 Å². The van der Waals surface area contributed by atoms with Crippen LogP contribution in [0, 0.1) is 0 Å². The Morgan fingerprint density at radius 2 is 2.37 bits per heavy atom. The van der Waals surface area contributed by atoms with E-state index in [1.54, 1.807) is 5.38 Å². The van der Waals surface area contributed by atoms with Crippen molar-refractivity contribution in [3.63, 3.8) is 0 Å². The number of hydrogen-bond acceptors (Lipinski definition) is 6. The molecule has 0 aliphatic carbocycles. The molecule has 0 atom stereocenters. The van der Waals surface area contributed by atoms with Gasteiger partial charge in [-0.2, -0.15) is 0 Å². The number of esters is 1. The van der Waals surface area contributed by atoms with Crippen LogP contribution in [-0.4, -0.2) is 31.5 Å². The van der Waals surface area contributed by atoms with E-state index < -0.39 is 16.0 Å². The van der Waals surface area contributed by atoms with E-state index in [1.807, 2.05) is 0 Å². The molecule has 102 valence electrons. The zero-order valence-corrected chi connectivity index (χ0v) is 11.5. The molecule has 0 aromatic carbocycles. The molecule has 0 saturated heterocycles. The topological polar surface area (TPSA) is 101 Å². The van der Waals surface area contributed by atoms with Crippen LogP contribution in [0.2, 0.25) is 0 Å². The highest BCUT2D eigenvalue weighted by Gasteiger charge is 2.17. The van der Waals surface area contributed by atoms with Crippen LogP contribution in [0.5, 0.6) is 0 Å². The molecule has 0 fully saturated rings. The highest BCUT2D eigenvalue weighted by atomic mass is 32.2. The molecule has 0 radical (unpaired) electrons. The average molecular weight is 301 g/mol. The fraction of sp³-hybridized carbons (Fsp3) is 0.200. The first kappa shape index (κ1) is 13.6. The Morgan fingerprint density at radius 1 is 1.58 bits per heavy atom. The van der Waals surface area contributed by atoms with E-state index in [9.17, 15) is 13.2 Å². The fourth-order valence-corrected chi connectivity index (χ4v) is 3.24. The van der Waals surface area contributed by atoms with Gasteiger partial charge in [0.05, 0.1) is 19.2 Å². The number of nitrogens with one attached hydrogen (secondary N) is 2. The lowest BCUT2D eigenvalue weighted by molar-refractivity contribution is -0.139. The predicted octanol–water partition coefficient (Wildman–Crippen LogP) is 0.987. The Hall–Kier alpha value is -1.87. The van der Waals surface area contributed by atoms with Crippen molar-refractivity contribution in [1.29, 1.82) is 0 Å². The molecule has 9 heteroatoms. The number of sulfonamides is 1. The van der Waals surface area contributed by atoms with Gasteiger partial charge in [0.25, 0.3) is 10.0 Å². The molecule has 7 nitrogen and oxygen atoms in total. The van der Waals surface area contributed by atoms with Crippen LogP contribution in [0.3, 0.4) is 0 Å². The molecule has 0 bridgehead atoms. The number of nitrogens with zero attached hydrogens (tertiary/aromatic N) is 1. The molecule has 2 heterocycles. The van der Waals surface area contributed by atoms with Crippen LogP contribution in [0.15, 0.2) is 28.7 Å². The molecule has 0 saturated carbocycles. The highest BCUT2D eigenvalue weighted by Crippen LogP contribution is 2.20. The maximum absolute atomic E-state index is 11.9. The summed E-state index contributed by atoms with van der Waals surface area (Å²) in [6, 6.07) is 1.44. The summed E-state index contributed by atoms with van der Waals surface area (Å²) in [5.41, 5.74) is 0.462.